The second-order valence-corrected chi connectivity index (χ2v) is 6.00. The van der Waals surface area contributed by atoms with Crippen LogP contribution in [-0.2, 0) is 11.3 Å². The molecule has 0 bridgehead atoms. The molecule has 0 fully saturated rings. The molecule has 7 heteroatoms. The van der Waals surface area contributed by atoms with Gasteiger partial charge in [-0.2, -0.15) is 0 Å². The molecule has 138 valence electrons. The van der Waals surface area contributed by atoms with Gasteiger partial charge in [-0.15, -0.1) is 0 Å². The van der Waals surface area contributed by atoms with Gasteiger partial charge in [0.15, 0.2) is 0 Å². The number of amides is 2. The van der Waals surface area contributed by atoms with E-state index in [1.165, 1.54) is 29.4 Å². The molecular weight excluding hydrogens is 335 g/mol. The summed E-state index contributed by atoms with van der Waals surface area (Å²) in [6.07, 6.45) is 3.99. The molecule has 0 aliphatic rings. The van der Waals surface area contributed by atoms with E-state index < -0.39 is 0 Å². The van der Waals surface area contributed by atoms with Crippen LogP contribution in [-0.4, -0.2) is 39.8 Å². The summed E-state index contributed by atoms with van der Waals surface area (Å²) >= 11 is 0. The van der Waals surface area contributed by atoms with Crippen LogP contribution in [0.25, 0.3) is 0 Å². The fraction of sp³-hybridized carbons (Fsp3) is 0.368. The van der Waals surface area contributed by atoms with Crippen molar-refractivity contribution in [2.24, 2.45) is 0 Å². The summed E-state index contributed by atoms with van der Waals surface area (Å²) in [5.74, 6) is -0.765. The van der Waals surface area contributed by atoms with Crippen LogP contribution in [0, 0.1) is 12.7 Å². The zero-order valence-electron chi connectivity index (χ0n) is 15.0. The van der Waals surface area contributed by atoms with Crippen molar-refractivity contribution in [2.45, 2.75) is 33.2 Å². The van der Waals surface area contributed by atoms with Gasteiger partial charge in [0.25, 0.3) is 5.91 Å². The van der Waals surface area contributed by atoms with Crippen molar-refractivity contribution >= 4 is 11.8 Å². The van der Waals surface area contributed by atoms with Crippen LogP contribution in [0.5, 0.6) is 0 Å². The molecular formula is C19H23FN4O2. The van der Waals surface area contributed by atoms with Crippen molar-refractivity contribution in [3.8, 4) is 0 Å². The van der Waals surface area contributed by atoms with Gasteiger partial charge in [-0.25, -0.2) is 9.37 Å². The SMILES string of the molecule is CCCNC(=O)CCN(Cc1ccc(F)cc1)C(=O)c1cnc(C)cn1. The van der Waals surface area contributed by atoms with Crippen LogP contribution in [0.2, 0.25) is 0 Å². The van der Waals surface area contributed by atoms with E-state index in [2.05, 4.69) is 15.3 Å². The predicted octanol–water partition coefficient (Wildman–Crippen LogP) is 2.48. The van der Waals surface area contributed by atoms with E-state index in [-0.39, 0.29) is 42.8 Å². The predicted molar refractivity (Wildman–Crippen MR) is 95.8 cm³/mol. The van der Waals surface area contributed by atoms with E-state index in [1.54, 1.807) is 19.1 Å². The molecule has 0 atom stereocenters. The van der Waals surface area contributed by atoms with Crippen molar-refractivity contribution in [3.63, 3.8) is 0 Å². The van der Waals surface area contributed by atoms with Gasteiger partial charge in [0, 0.05) is 32.3 Å². The first-order valence-electron chi connectivity index (χ1n) is 8.58. The van der Waals surface area contributed by atoms with Gasteiger partial charge < -0.3 is 10.2 Å². The van der Waals surface area contributed by atoms with Crippen LogP contribution in [0.1, 0.15) is 41.5 Å². The van der Waals surface area contributed by atoms with Crippen molar-refractivity contribution < 1.29 is 14.0 Å². The molecule has 26 heavy (non-hydrogen) atoms. The highest BCUT2D eigenvalue weighted by molar-refractivity contribution is 5.92. The van der Waals surface area contributed by atoms with E-state index in [1.807, 2.05) is 6.92 Å². The molecule has 0 aliphatic carbocycles. The van der Waals surface area contributed by atoms with Crippen LogP contribution in [0.4, 0.5) is 4.39 Å². The van der Waals surface area contributed by atoms with Crippen LogP contribution in [0.15, 0.2) is 36.7 Å². The van der Waals surface area contributed by atoms with Crippen molar-refractivity contribution in [1.29, 1.82) is 0 Å². The van der Waals surface area contributed by atoms with Crippen LogP contribution >= 0.6 is 0 Å². The smallest absolute Gasteiger partial charge is 0.274 e. The zero-order chi connectivity index (χ0) is 18.9. The highest BCUT2D eigenvalue weighted by Gasteiger charge is 2.19. The number of nitrogens with one attached hydrogen (secondary N) is 1. The number of carbonyl (C=O) groups excluding carboxylic acids is 2. The highest BCUT2D eigenvalue weighted by Crippen LogP contribution is 2.10. The van der Waals surface area contributed by atoms with E-state index >= 15 is 0 Å². The van der Waals surface area contributed by atoms with Gasteiger partial charge in [-0.1, -0.05) is 19.1 Å². The van der Waals surface area contributed by atoms with Crippen molar-refractivity contribution in [2.75, 3.05) is 13.1 Å². The first-order chi connectivity index (χ1) is 12.5. The molecule has 1 N–H and O–H groups in total. The fourth-order valence-corrected chi connectivity index (χ4v) is 2.32. The highest BCUT2D eigenvalue weighted by atomic mass is 19.1. The number of halogens is 1. The van der Waals surface area contributed by atoms with Gasteiger partial charge in [-0.3, -0.25) is 14.6 Å². The Bertz CT molecular complexity index is 732. The van der Waals surface area contributed by atoms with Crippen LogP contribution < -0.4 is 5.32 Å². The van der Waals surface area contributed by atoms with Gasteiger partial charge in [0.2, 0.25) is 5.91 Å². The third-order valence-electron chi connectivity index (χ3n) is 3.75. The average Bonchev–Trinajstić information content (AvgIpc) is 2.65. The maximum Gasteiger partial charge on any atom is 0.274 e. The van der Waals surface area contributed by atoms with Gasteiger partial charge in [0.05, 0.1) is 11.9 Å². The number of benzene rings is 1. The number of hydrogen-bond donors (Lipinski definition) is 1. The minimum atomic E-state index is -0.338. The maximum atomic E-state index is 13.1. The quantitative estimate of drug-likeness (QED) is 0.787. The Morgan fingerprint density at radius 3 is 2.50 bits per heavy atom. The molecule has 2 aromatic rings. The molecule has 2 rings (SSSR count). The summed E-state index contributed by atoms with van der Waals surface area (Å²) in [7, 11) is 0. The average molecular weight is 358 g/mol. The summed E-state index contributed by atoms with van der Waals surface area (Å²) in [6.45, 7) is 4.86. The second-order valence-electron chi connectivity index (χ2n) is 6.00. The Morgan fingerprint density at radius 2 is 1.88 bits per heavy atom. The number of aromatic nitrogens is 2. The number of carbonyl (C=O) groups is 2. The zero-order valence-corrected chi connectivity index (χ0v) is 15.0. The van der Waals surface area contributed by atoms with Crippen molar-refractivity contribution in [1.82, 2.24) is 20.2 Å². The Kier molecular flexibility index (Phi) is 7.20. The van der Waals surface area contributed by atoms with E-state index in [9.17, 15) is 14.0 Å². The minimum Gasteiger partial charge on any atom is -0.356 e. The molecule has 6 nitrogen and oxygen atoms in total. The Morgan fingerprint density at radius 1 is 1.15 bits per heavy atom. The monoisotopic (exact) mass is 358 g/mol. The molecule has 1 aromatic heterocycles. The number of hydrogen-bond acceptors (Lipinski definition) is 4. The summed E-state index contributed by atoms with van der Waals surface area (Å²) in [6, 6.07) is 5.93. The van der Waals surface area contributed by atoms with Crippen molar-refractivity contribution in [3.05, 3.63) is 59.4 Å². The lowest BCUT2D eigenvalue weighted by Crippen LogP contribution is -2.35. The summed E-state index contributed by atoms with van der Waals surface area (Å²) in [5, 5.41) is 2.79. The third kappa shape index (κ3) is 5.91. The topological polar surface area (TPSA) is 75.2 Å². The lowest BCUT2D eigenvalue weighted by molar-refractivity contribution is -0.121. The third-order valence-corrected chi connectivity index (χ3v) is 3.75. The maximum absolute atomic E-state index is 13.1. The molecule has 0 saturated heterocycles. The fourth-order valence-electron chi connectivity index (χ4n) is 2.32. The van der Waals surface area contributed by atoms with E-state index in [0.717, 1.165) is 12.0 Å². The molecule has 0 radical (unpaired) electrons. The Balaban J connectivity index is 2.11. The number of rotatable bonds is 8. The van der Waals surface area contributed by atoms with Gasteiger partial charge in [-0.05, 0) is 31.0 Å². The van der Waals surface area contributed by atoms with Gasteiger partial charge >= 0.3 is 0 Å². The molecule has 1 aromatic carbocycles. The van der Waals surface area contributed by atoms with Gasteiger partial charge in [0.1, 0.15) is 11.5 Å². The number of aryl methyl sites for hydroxylation is 1. The first-order valence-corrected chi connectivity index (χ1v) is 8.58. The van der Waals surface area contributed by atoms with E-state index in [0.29, 0.717) is 12.2 Å². The summed E-state index contributed by atoms with van der Waals surface area (Å²) < 4.78 is 13.1. The second kappa shape index (κ2) is 9.60. The molecule has 0 saturated carbocycles. The Labute approximate surface area is 152 Å². The molecule has 2 amide bonds. The lowest BCUT2D eigenvalue weighted by Gasteiger charge is -2.22. The number of nitrogens with zero attached hydrogens (tertiary/aromatic N) is 3. The molecule has 1 heterocycles. The van der Waals surface area contributed by atoms with E-state index in [4.69, 9.17) is 0 Å². The lowest BCUT2D eigenvalue weighted by atomic mass is 10.2. The molecule has 0 unspecified atom stereocenters. The molecule has 0 spiro atoms. The first kappa shape index (κ1) is 19.5. The minimum absolute atomic E-state index is 0.112. The Hall–Kier alpha value is -2.83. The summed E-state index contributed by atoms with van der Waals surface area (Å²) in [4.78, 5) is 34.4. The summed E-state index contributed by atoms with van der Waals surface area (Å²) in [5.41, 5.74) is 1.70. The molecule has 0 aliphatic heterocycles. The van der Waals surface area contributed by atoms with Crippen LogP contribution in [0.3, 0.4) is 0 Å². The normalized spacial score (nSPS) is 10.4. The largest absolute Gasteiger partial charge is 0.356 e. The standard InChI is InChI=1S/C19H23FN4O2/c1-3-9-21-18(25)8-10-24(13-15-4-6-16(20)7-5-15)19(26)17-12-22-14(2)11-23-17/h4-7,11-12H,3,8-10,13H2,1-2H3,(H,21,25).